The number of piperazine rings is 1. The molecule has 0 bridgehead atoms. The number of unbranched alkanes of at least 4 members (excludes halogenated alkanes) is 2. The molecule has 1 fully saturated rings. The van der Waals surface area contributed by atoms with Gasteiger partial charge in [0.1, 0.15) is 0 Å². The van der Waals surface area contributed by atoms with Gasteiger partial charge in [-0.2, -0.15) is 0 Å². The van der Waals surface area contributed by atoms with E-state index in [1.54, 1.807) is 0 Å². The highest BCUT2D eigenvalue weighted by molar-refractivity contribution is 5.24. The number of ether oxygens (including phenoxy) is 4. The van der Waals surface area contributed by atoms with Gasteiger partial charge >= 0.3 is 0 Å². The molecule has 33 heavy (non-hydrogen) atoms. The van der Waals surface area contributed by atoms with E-state index in [0.717, 1.165) is 58.9 Å². The third-order valence-electron chi connectivity index (χ3n) is 6.08. The molecule has 2 rings (SSSR count). The Balaban J connectivity index is 1.36. The number of hydrogen-bond acceptors (Lipinski definition) is 6. The zero-order valence-electron chi connectivity index (χ0n) is 21.4. The van der Waals surface area contributed by atoms with Crippen LogP contribution in [0.1, 0.15) is 57.1 Å². The van der Waals surface area contributed by atoms with Crippen LogP contribution < -0.4 is 0 Å². The van der Waals surface area contributed by atoms with Crippen molar-refractivity contribution >= 4 is 0 Å². The number of hydrogen-bond donors (Lipinski definition) is 0. The molecule has 6 heteroatoms. The van der Waals surface area contributed by atoms with Crippen LogP contribution in [-0.4, -0.2) is 95.4 Å². The lowest BCUT2D eigenvalue weighted by molar-refractivity contribution is -0.00550. The fourth-order valence-corrected chi connectivity index (χ4v) is 3.85. The minimum atomic E-state index is 0.598. The van der Waals surface area contributed by atoms with Gasteiger partial charge in [0.25, 0.3) is 0 Å². The molecule has 6 nitrogen and oxygen atoms in total. The van der Waals surface area contributed by atoms with Crippen LogP contribution in [0.25, 0.3) is 0 Å². The lowest BCUT2D eigenvalue weighted by Gasteiger charge is -2.34. The van der Waals surface area contributed by atoms with Gasteiger partial charge < -0.3 is 18.9 Å². The summed E-state index contributed by atoms with van der Waals surface area (Å²) in [6, 6.07) is 9.12. The summed E-state index contributed by atoms with van der Waals surface area (Å²) in [6.45, 7) is 18.6. The van der Waals surface area contributed by atoms with E-state index in [9.17, 15) is 0 Å². The normalized spacial score (nSPS) is 15.5. The maximum atomic E-state index is 5.74. The van der Waals surface area contributed by atoms with Crippen LogP contribution in [0, 0.1) is 0 Å². The Labute approximate surface area is 202 Å². The zero-order chi connectivity index (χ0) is 23.6. The van der Waals surface area contributed by atoms with E-state index in [0.29, 0.717) is 45.6 Å². The maximum Gasteiger partial charge on any atom is 0.0701 e. The Bertz CT molecular complexity index is 574. The van der Waals surface area contributed by atoms with E-state index in [1.807, 2.05) is 0 Å². The van der Waals surface area contributed by atoms with Crippen molar-refractivity contribution < 1.29 is 18.9 Å². The molecule has 0 N–H and O–H groups in total. The van der Waals surface area contributed by atoms with Crippen LogP contribution in [0.15, 0.2) is 24.3 Å². The molecule has 190 valence electrons. The number of benzene rings is 1. The molecule has 1 saturated heterocycles. The second kappa shape index (κ2) is 18.3. The van der Waals surface area contributed by atoms with Crippen molar-refractivity contribution in [3.05, 3.63) is 35.4 Å². The Morgan fingerprint density at radius 1 is 0.667 bits per heavy atom. The Morgan fingerprint density at radius 3 is 1.73 bits per heavy atom. The smallest absolute Gasteiger partial charge is 0.0701 e. The first-order chi connectivity index (χ1) is 16.2. The summed E-state index contributed by atoms with van der Waals surface area (Å²) in [5, 5.41) is 0. The van der Waals surface area contributed by atoms with Gasteiger partial charge in [-0.1, -0.05) is 57.9 Å². The summed E-state index contributed by atoms with van der Waals surface area (Å²) in [5.41, 5.74) is 2.83. The summed E-state index contributed by atoms with van der Waals surface area (Å²) in [7, 11) is 0. The van der Waals surface area contributed by atoms with Gasteiger partial charge in [0.2, 0.25) is 0 Å². The second-order valence-corrected chi connectivity index (χ2v) is 9.17. The third kappa shape index (κ3) is 13.5. The Morgan fingerprint density at radius 2 is 1.18 bits per heavy atom. The topological polar surface area (TPSA) is 43.4 Å². The minimum absolute atomic E-state index is 0.598. The fraction of sp³-hybridized carbons (Fsp3) is 0.778. The van der Waals surface area contributed by atoms with Gasteiger partial charge in [0.05, 0.1) is 46.2 Å². The third-order valence-corrected chi connectivity index (χ3v) is 6.08. The Kier molecular flexibility index (Phi) is 15.7. The number of nitrogens with zero attached hydrogens (tertiary/aromatic N) is 2. The molecule has 0 amide bonds. The number of rotatable bonds is 19. The molecule has 1 aromatic rings. The van der Waals surface area contributed by atoms with Gasteiger partial charge in [0, 0.05) is 45.9 Å². The first-order valence-corrected chi connectivity index (χ1v) is 13.0. The fourth-order valence-electron chi connectivity index (χ4n) is 3.85. The SMILES string of the molecule is CCCCCOCCOCCOCCOCCN1CCN(Cc2ccc(C(C)C)cc2)CC1. The molecule has 0 aliphatic carbocycles. The highest BCUT2D eigenvalue weighted by atomic mass is 16.6. The first-order valence-electron chi connectivity index (χ1n) is 13.0. The van der Waals surface area contributed by atoms with Gasteiger partial charge in [0.15, 0.2) is 0 Å². The van der Waals surface area contributed by atoms with E-state index in [1.165, 1.54) is 24.0 Å². The van der Waals surface area contributed by atoms with Crippen molar-refractivity contribution in [2.45, 2.75) is 52.5 Å². The monoisotopic (exact) mass is 464 g/mol. The molecular formula is C27H48N2O4. The molecule has 0 atom stereocenters. The standard InChI is InChI=1S/C27H48N2O4/c1-4-5-6-16-30-18-20-32-22-23-33-21-19-31-17-15-28-11-13-29(14-12-28)24-26-7-9-27(10-8-26)25(2)3/h7-10,25H,4-6,11-24H2,1-3H3. The largest absolute Gasteiger partial charge is 0.379 e. The maximum absolute atomic E-state index is 5.74. The van der Waals surface area contributed by atoms with Crippen molar-refractivity contribution in [2.24, 2.45) is 0 Å². The molecule has 0 aromatic heterocycles. The molecule has 1 heterocycles. The molecule has 1 aromatic carbocycles. The molecule has 1 aliphatic rings. The van der Waals surface area contributed by atoms with E-state index in [2.05, 4.69) is 54.8 Å². The molecule has 0 unspecified atom stereocenters. The van der Waals surface area contributed by atoms with Crippen LogP contribution in [-0.2, 0) is 25.5 Å². The highest BCUT2D eigenvalue weighted by Gasteiger charge is 2.16. The summed E-state index contributed by atoms with van der Waals surface area (Å²) in [4.78, 5) is 5.05. The summed E-state index contributed by atoms with van der Waals surface area (Å²) in [5.74, 6) is 0.598. The quantitative estimate of drug-likeness (QED) is 0.286. The van der Waals surface area contributed by atoms with Crippen LogP contribution in [0.3, 0.4) is 0 Å². The van der Waals surface area contributed by atoms with Gasteiger partial charge in [-0.15, -0.1) is 0 Å². The van der Waals surface area contributed by atoms with E-state index < -0.39 is 0 Å². The van der Waals surface area contributed by atoms with Crippen LogP contribution in [0.5, 0.6) is 0 Å². The summed E-state index contributed by atoms with van der Waals surface area (Å²) < 4.78 is 22.3. The molecular weight excluding hydrogens is 416 g/mol. The van der Waals surface area contributed by atoms with Crippen LogP contribution >= 0.6 is 0 Å². The highest BCUT2D eigenvalue weighted by Crippen LogP contribution is 2.16. The molecule has 0 saturated carbocycles. The van der Waals surface area contributed by atoms with Crippen LogP contribution in [0.2, 0.25) is 0 Å². The van der Waals surface area contributed by atoms with Crippen molar-refractivity contribution in [3.8, 4) is 0 Å². The van der Waals surface area contributed by atoms with E-state index in [4.69, 9.17) is 18.9 Å². The first kappa shape index (κ1) is 28.2. The minimum Gasteiger partial charge on any atom is -0.379 e. The summed E-state index contributed by atoms with van der Waals surface area (Å²) >= 11 is 0. The van der Waals surface area contributed by atoms with Gasteiger partial charge in [-0.05, 0) is 23.5 Å². The van der Waals surface area contributed by atoms with Gasteiger partial charge in [-0.3, -0.25) is 9.80 Å². The molecule has 0 spiro atoms. The van der Waals surface area contributed by atoms with Crippen molar-refractivity contribution in [1.82, 2.24) is 9.80 Å². The van der Waals surface area contributed by atoms with E-state index >= 15 is 0 Å². The van der Waals surface area contributed by atoms with Crippen molar-refractivity contribution in [2.75, 3.05) is 85.6 Å². The zero-order valence-corrected chi connectivity index (χ0v) is 21.4. The predicted octanol–water partition coefficient (Wildman–Crippen LogP) is 4.18. The van der Waals surface area contributed by atoms with Crippen molar-refractivity contribution in [3.63, 3.8) is 0 Å². The molecule has 1 aliphatic heterocycles. The van der Waals surface area contributed by atoms with Crippen LogP contribution in [0.4, 0.5) is 0 Å². The Hall–Kier alpha value is -1.02. The average Bonchev–Trinajstić information content (AvgIpc) is 2.83. The average molecular weight is 465 g/mol. The predicted molar refractivity (Wildman–Crippen MR) is 135 cm³/mol. The second-order valence-electron chi connectivity index (χ2n) is 9.17. The van der Waals surface area contributed by atoms with Gasteiger partial charge in [-0.25, -0.2) is 0 Å². The lowest BCUT2D eigenvalue weighted by atomic mass is 10.0. The lowest BCUT2D eigenvalue weighted by Crippen LogP contribution is -2.46. The van der Waals surface area contributed by atoms with E-state index in [-0.39, 0.29) is 0 Å². The molecule has 0 radical (unpaired) electrons. The van der Waals surface area contributed by atoms with Crippen molar-refractivity contribution in [1.29, 1.82) is 0 Å². The summed E-state index contributed by atoms with van der Waals surface area (Å²) in [6.07, 6.45) is 3.61.